The van der Waals surface area contributed by atoms with Crippen LogP contribution in [0.1, 0.15) is 19.4 Å². The van der Waals surface area contributed by atoms with Crippen molar-refractivity contribution < 1.29 is 9.76 Å². The first kappa shape index (κ1) is 12.0. The molecular weight excluding hydrogens is 220 g/mol. The van der Waals surface area contributed by atoms with Crippen LogP contribution in [0, 0.1) is 10.1 Å². The summed E-state index contributed by atoms with van der Waals surface area (Å²) in [5.41, 5.74) is 1.09. The molecule has 0 unspecified atom stereocenters. The van der Waals surface area contributed by atoms with E-state index in [4.69, 9.17) is 4.84 Å². The van der Waals surface area contributed by atoms with E-state index in [9.17, 15) is 10.1 Å². The molecule has 0 aliphatic carbocycles. The Bertz CT molecular complexity index is 396. The molecule has 1 aromatic rings. The Morgan fingerprint density at radius 2 is 2.00 bits per heavy atom. The summed E-state index contributed by atoms with van der Waals surface area (Å²) in [7, 11) is 0. The molecule has 1 aliphatic rings. The normalized spacial score (nSPS) is 29.4. The minimum Gasteiger partial charge on any atom is -0.288 e. The summed E-state index contributed by atoms with van der Waals surface area (Å²) in [6.45, 7) is 4.16. The smallest absolute Gasteiger partial charge is 0.257 e. The van der Waals surface area contributed by atoms with E-state index in [0.29, 0.717) is 6.54 Å². The Hall–Kier alpha value is -1.46. The molecule has 0 aromatic heterocycles. The Balaban J connectivity index is 2.07. The zero-order valence-corrected chi connectivity index (χ0v) is 9.95. The van der Waals surface area contributed by atoms with Gasteiger partial charge < -0.3 is 0 Å². The molecule has 92 valence electrons. The summed E-state index contributed by atoms with van der Waals surface area (Å²) in [6, 6.07) is 8.95. The minimum absolute atomic E-state index is 0.208. The number of benzene rings is 1. The molecule has 2 rings (SSSR count). The van der Waals surface area contributed by atoms with Gasteiger partial charge in [0.15, 0.2) is 0 Å². The highest BCUT2D eigenvalue weighted by atomic mass is 16.7. The maximum Gasteiger partial charge on any atom is 0.257 e. The highest BCUT2D eigenvalue weighted by Gasteiger charge is 2.46. The van der Waals surface area contributed by atoms with E-state index in [0.717, 1.165) is 5.56 Å². The zero-order chi connectivity index (χ0) is 12.4. The van der Waals surface area contributed by atoms with Gasteiger partial charge in [-0.2, -0.15) is 5.06 Å². The lowest BCUT2D eigenvalue weighted by atomic mass is 10.1. The first-order valence-corrected chi connectivity index (χ1v) is 5.70. The molecule has 1 heterocycles. The lowest BCUT2D eigenvalue weighted by Gasteiger charge is -2.18. The van der Waals surface area contributed by atoms with E-state index < -0.39 is 6.04 Å². The van der Waals surface area contributed by atoms with Crippen LogP contribution in [0.25, 0.3) is 0 Å². The van der Waals surface area contributed by atoms with Crippen LogP contribution >= 0.6 is 0 Å². The second kappa shape index (κ2) is 4.81. The molecular formula is C12H16N2O3. The molecule has 0 saturated carbocycles. The summed E-state index contributed by atoms with van der Waals surface area (Å²) < 4.78 is 0. The van der Waals surface area contributed by atoms with Crippen molar-refractivity contribution in [3.63, 3.8) is 0 Å². The zero-order valence-electron chi connectivity index (χ0n) is 9.95. The molecule has 17 heavy (non-hydrogen) atoms. The second-order valence-electron chi connectivity index (χ2n) is 4.39. The Morgan fingerprint density at radius 1 is 1.35 bits per heavy atom. The van der Waals surface area contributed by atoms with E-state index in [2.05, 4.69) is 0 Å². The summed E-state index contributed by atoms with van der Waals surface area (Å²) in [5, 5.41) is 12.6. The number of nitrogens with zero attached hydrogens (tertiary/aromatic N) is 2. The highest BCUT2D eigenvalue weighted by molar-refractivity contribution is 5.14. The molecule has 1 saturated heterocycles. The predicted molar refractivity (Wildman–Crippen MR) is 62.8 cm³/mol. The fraction of sp³-hybridized carbons (Fsp3) is 0.500. The molecule has 0 radical (unpaired) electrons. The summed E-state index contributed by atoms with van der Waals surface area (Å²) in [6.07, 6.45) is -0.372. The molecule has 5 nitrogen and oxygen atoms in total. The number of rotatable bonds is 3. The van der Waals surface area contributed by atoms with Crippen LogP contribution in [0.4, 0.5) is 0 Å². The quantitative estimate of drug-likeness (QED) is 0.593. The van der Waals surface area contributed by atoms with Gasteiger partial charge in [-0.1, -0.05) is 30.3 Å². The van der Waals surface area contributed by atoms with Gasteiger partial charge in [-0.05, 0) is 19.4 Å². The maximum atomic E-state index is 10.9. The van der Waals surface area contributed by atoms with E-state index >= 15 is 0 Å². The maximum absolute atomic E-state index is 10.9. The molecule has 1 fully saturated rings. The van der Waals surface area contributed by atoms with Gasteiger partial charge in [0.1, 0.15) is 12.1 Å². The van der Waals surface area contributed by atoms with E-state index in [1.807, 2.05) is 37.3 Å². The van der Waals surface area contributed by atoms with Crippen LogP contribution < -0.4 is 0 Å². The Labute approximate surface area is 100 Å². The van der Waals surface area contributed by atoms with E-state index in [1.165, 1.54) is 0 Å². The third kappa shape index (κ3) is 2.45. The van der Waals surface area contributed by atoms with Crippen molar-refractivity contribution in [2.45, 2.75) is 38.6 Å². The first-order chi connectivity index (χ1) is 8.09. The van der Waals surface area contributed by atoms with Gasteiger partial charge in [-0.25, -0.2) is 0 Å². The second-order valence-corrected chi connectivity index (χ2v) is 4.39. The molecule has 0 bridgehead atoms. The van der Waals surface area contributed by atoms with Gasteiger partial charge in [0.2, 0.25) is 0 Å². The van der Waals surface area contributed by atoms with Crippen molar-refractivity contribution >= 4 is 0 Å². The topological polar surface area (TPSA) is 55.6 Å². The lowest BCUT2D eigenvalue weighted by molar-refractivity contribution is -0.528. The average Bonchev–Trinajstić information content (AvgIpc) is 2.55. The Kier molecular flexibility index (Phi) is 3.40. The van der Waals surface area contributed by atoms with Crippen molar-refractivity contribution in [3.8, 4) is 0 Å². The molecule has 0 amide bonds. The first-order valence-electron chi connectivity index (χ1n) is 5.70. The third-order valence-corrected chi connectivity index (χ3v) is 3.16. The van der Waals surface area contributed by atoms with Gasteiger partial charge in [0.05, 0.1) is 0 Å². The van der Waals surface area contributed by atoms with Crippen molar-refractivity contribution in [2.75, 3.05) is 0 Å². The van der Waals surface area contributed by atoms with Crippen LogP contribution in [-0.4, -0.2) is 28.2 Å². The number of hydroxylamine groups is 2. The molecule has 5 heteroatoms. The van der Waals surface area contributed by atoms with Crippen molar-refractivity contribution in [3.05, 3.63) is 46.0 Å². The van der Waals surface area contributed by atoms with Gasteiger partial charge >= 0.3 is 0 Å². The molecule has 0 N–H and O–H groups in total. The monoisotopic (exact) mass is 236 g/mol. The van der Waals surface area contributed by atoms with Crippen molar-refractivity contribution in [1.29, 1.82) is 0 Å². The minimum atomic E-state index is -0.654. The predicted octanol–water partition coefficient (Wildman–Crippen LogP) is 1.86. The van der Waals surface area contributed by atoms with E-state index in [-0.39, 0.29) is 17.1 Å². The van der Waals surface area contributed by atoms with Gasteiger partial charge in [0, 0.05) is 11.5 Å². The van der Waals surface area contributed by atoms with Crippen molar-refractivity contribution in [1.82, 2.24) is 5.06 Å². The van der Waals surface area contributed by atoms with Crippen LogP contribution in [0.2, 0.25) is 0 Å². The third-order valence-electron chi connectivity index (χ3n) is 3.16. The average molecular weight is 236 g/mol. The summed E-state index contributed by atoms with van der Waals surface area (Å²) in [5.74, 6) is 0. The number of hydrogen-bond acceptors (Lipinski definition) is 4. The highest BCUT2D eigenvalue weighted by Crippen LogP contribution is 2.25. The summed E-state index contributed by atoms with van der Waals surface area (Å²) in [4.78, 5) is 16.2. The molecule has 1 aromatic carbocycles. The Morgan fingerprint density at radius 3 is 2.53 bits per heavy atom. The van der Waals surface area contributed by atoms with Crippen LogP contribution in [0.5, 0.6) is 0 Å². The fourth-order valence-electron chi connectivity index (χ4n) is 2.23. The van der Waals surface area contributed by atoms with Gasteiger partial charge in [0.25, 0.3) is 6.04 Å². The number of hydrogen-bond donors (Lipinski definition) is 0. The summed E-state index contributed by atoms with van der Waals surface area (Å²) >= 11 is 0. The van der Waals surface area contributed by atoms with E-state index in [1.54, 1.807) is 12.0 Å². The molecule has 3 atom stereocenters. The lowest BCUT2D eigenvalue weighted by Crippen LogP contribution is -2.38. The fourth-order valence-corrected chi connectivity index (χ4v) is 2.23. The molecule has 0 spiro atoms. The van der Waals surface area contributed by atoms with Crippen molar-refractivity contribution in [2.24, 2.45) is 0 Å². The molecule has 1 aliphatic heterocycles. The van der Waals surface area contributed by atoms with Crippen LogP contribution in [0.15, 0.2) is 30.3 Å². The van der Waals surface area contributed by atoms with Gasteiger partial charge in [-0.3, -0.25) is 15.0 Å². The van der Waals surface area contributed by atoms with Crippen LogP contribution in [0.3, 0.4) is 0 Å². The van der Waals surface area contributed by atoms with Crippen LogP contribution in [-0.2, 0) is 11.4 Å². The standard InChI is InChI=1S/C12H16N2O3/c1-9-12(14(15)16)10(2)17-13(9)8-11-6-4-3-5-7-11/h3-7,9-10,12H,8H2,1-2H3/t9-,10-,12-/m0/s1. The number of nitro groups is 1. The largest absolute Gasteiger partial charge is 0.288 e. The SMILES string of the molecule is C[C@@H]1ON(Cc2ccccc2)[C@@H](C)[C@@H]1[N+](=O)[O-]. The van der Waals surface area contributed by atoms with Gasteiger partial charge in [-0.15, -0.1) is 0 Å².